The van der Waals surface area contributed by atoms with Gasteiger partial charge in [0.25, 0.3) is 0 Å². The molecule has 0 spiro atoms. The second-order valence-electron chi connectivity index (χ2n) is 6.05. The normalized spacial score (nSPS) is 30.8. The van der Waals surface area contributed by atoms with Gasteiger partial charge in [0, 0.05) is 11.6 Å². The predicted octanol–water partition coefficient (Wildman–Crippen LogP) is 2.98. The van der Waals surface area contributed by atoms with Crippen LogP contribution in [0.2, 0.25) is 0 Å². The Balaban J connectivity index is 2.27. The zero-order chi connectivity index (χ0) is 14.7. The fourth-order valence-corrected chi connectivity index (χ4v) is 3.76. The van der Waals surface area contributed by atoms with Crippen molar-refractivity contribution in [3.05, 3.63) is 11.6 Å². The number of carbonyl (C=O) groups excluding carboxylic acids is 1. The molecule has 1 saturated carbocycles. The lowest BCUT2D eigenvalue weighted by Gasteiger charge is -2.47. The Kier molecular flexibility index (Phi) is 4.84. The zero-order valence-electron chi connectivity index (χ0n) is 12.5. The van der Waals surface area contributed by atoms with Crippen molar-refractivity contribution in [1.82, 2.24) is 4.90 Å². The van der Waals surface area contributed by atoms with Crippen LogP contribution in [0.5, 0.6) is 0 Å². The SMILES string of the molecule is CCC=C(C)C(=O)N1C(C(=O)O)CCC2CCCCC21. The monoisotopic (exact) mass is 279 g/mol. The van der Waals surface area contributed by atoms with E-state index in [-0.39, 0.29) is 11.9 Å². The highest BCUT2D eigenvalue weighted by Gasteiger charge is 2.43. The number of hydrogen-bond acceptors (Lipinski definition) is 2. The van der Waals surface area contributed by atoms with Crippen molar-refractivity contribution in [1.29, 1.82) is 0 Å². The van der Waals surface area contributed by atoms with Gasteiger partial charge in [0.1, 0.15) is 6.04 Å². The van der Waals surface area contributed by atoms with E-state index < -0.39 is 12.0 Å². The number of likely N-dealkylation sites (tertiary alicyclic amines) is 1. The summed E-state index contributed by atoms with van der Waals surface area (Å²) in [5.41, 5.74) is 0.685. The van der Waals surface area contributed by atoms with E-state index in [0.717, 1.165) is 32.1 Å². The van der Waals surface area contributed by atoms with E-state index in [4.69, 9.17) is 0 Å². The molecule has 0 aromatic heterocycles. The third kappa shape index (κ3) is 2.89. The van der Waals surface area contributed by atoms with Gasteiger partial charge >= 0.3 is 5.97 Å². The van der Waals surface area contributed by atoms with Crippen molar-refractivity contribution in [2.45, 2.75) is 70.9 Å². The van der Waals surface area contributed by atoms with E-state index in [1.807, 2.05) is 13.0 Å². The Morgan fingerprint density at radius 3 is 2.55 bits per heavy atom. The predicted molar refractivity (Wildman–Crippen MR) is 77.3 cm³/mol. The Morgan fingerprint density at radius 2 is 1.90 bits per heavy atom. The molecule has 4 nitrogen and oxygen atoms in total. The average molecular weight is 279 g/mol. The zero-order valence-corrected chi connectivity index (χ0v) is 12.5. The van der Waals surface area contributed by atoms with Gasteiger partial charge in [-0.15, -0.1) is 0 Å². The number of nitrogens with zero attached hydrogens (tertiary/aromatic N) is 1. The highest BCUT2D eigenvalue weighted by Crippen LogP contribution is 2.38. The standard InChI is InChI=1S/C16H25NO3/c1-3-6-11(2)15(18)17-13-8-5-4-7-12(13)9-10-14(17)16(19)20/h6,12-14H,3-5,7-10H2,1-2H3,(H,19,20). The van der Waals surface area contributed by atoms with Crippen molar-refractivity contribution in [2.24, 2.45) is 5.92 Å². The second-order valence-corrected chi connectivity index (χ2v) is 6.05. The minimum atomic E-state index is -0.855. The third-order valence-electron chi connectivity index (χ3n) is 4.74. The molecular formula is C16H25NO3. The van der Waals surface area contributed by atoms with E-state index in [0.29, 0.717) is 17.9 Å². The minimum absolute atomic E-state index is 0.0733. The Labute approximate surface area is 120 Å². The number of amides is 1. The summed E-state index contributed by atoms with van der Waals surface area (Å²) in [7, 11) is 0. The average Bonchev–Trinajstić information content (AvgIpc) is 2.45. The van der Waals surface area contributed by atoms with E-state index in [2.05, 4.69) is 0 Å². The minimum Gasteiger partial charge on any atom is -0.480 e. The molecule has 20 heavy (non-hydrogen) atoms. The van der Waals surface area contributed by atoms with Crippen molar-refractivity contribution < 1.29 is 14.7 Å². The van der Waals surface area contributed by atoms with Crippen LogP contribution in [0, 0.1) is 5.92 Å². The van der Waals surface area contributed by atoms with Crippen LogP contribution in [0.3, 0.4) is 0 Å². The summed E-state index contributed by atoms with van der Waals surface area (Å²) in [6, 6.07) is -0.506. The molecule has 1 saturated heterocycles. The van der Waals surface area contributed by atoms with Crippen molar-refractivity contribution in [2.75, 3.05) is 0 Å². The van der Waals surface area contributed by atoms with Crippen LogP contribution in [0.4, 0.5) is 0 Å². The number of carboxylic acids is 1. The number of allylic oxidation sites excluding steroid dienone is 1. The lowest BCUT2D eigenvalue weighted by atomic mass is 9.76. The Bertz CT molecular complexity index is 416. The quantitative estimate of drug-likeness (QED) is 0.808. The molecule has 0 bridgehead atoms. The van der Waals surface area contributed by atoms with Crippen LogP contribution in [0.1, 0.15) is 58.8 Å². The number of piperidine rings is 1. The number of carbonyl (C=O) groups is 2. The molecule has 1 aliphatic carbocycles. The summed E-state index contributed by atoms with van der Waals surface area (Å²) in [5, 5.41) is 9.45. The van der Waals surface area contributed by atoms with Gasteiger partial charge in [-0.1, -0.05) is 25.8 Å². The molecule has 3 atom stereocenters. The lowest BCUT2D eigenvalue weighted by molar-refractivity contribution is -0.156. The molecule has 1 aliphatic heterocycles. The molecular weight excluding hydrogens is 254 g/mol. The van der Waals surface area contributed by atoms with Gasteiger partial charge in [-0.05, 0) is 44.9 Å². The first-order valence-corrected chi connectivity index (χ1v) is 7.78. The smallest absolute Gasteiger partial charge is 0.326 e. The van der Waals surface area contributed by atoms with Crippen LogP contribution in [-0.4, -0.2) is 34.0 Å². The van der Waals surface area contributed by atoms with Gasteiger partial charge in [0.2, 0.25) is 5.91 Å². The molecule has 0 aromatic rings. The molecule has 3 unspecified atom stereocenters. The number of carboxylic acid groups (broad SMARTS) is 1. The molecule has 0 aromatic carbocycles. The van der Waals surface area contributed by atoms with E-state index in [1.165, 1.54) is 6.42 Å². The molecule has 112 valence electrons. The summed E-state index contributed by atoms with van der Waals surface area (Å²) >= 11 is 0. The molecule has 1 amide bonds. The summed E-state index contributed by atoms with van der Waals surface area (Å²) in [4.78, 5) is 25.9. The number of hydrogen-bond donors (Lipinski definition) is 1. The maximum absolute atomic E-state index is 12.7. The van der Waals surface area contributed by atoms with Crippen molar-refractivity contribution >= 4 is 11.9 Å². The first kappa shape index (κ1) is 15.1. The molecule has 2 aliphatic rings. The summed E-state index contributed by atoms with van der Waals surface area (Å²) in [6.07, 6.45) is 8.66. The first-order valence-electron chi connectivity index (χ1n) is 7.78. The fraction of sp³-hybridized carbons (Fsp3) is 0.750. The lowest BCUT2D eigenvalue weighted by Crippen LogP contribution is -2.57. The number of aliphatic carboxylic acids is 1. The van der Waals surface area contributed by atoms with E-state index in [9.17, 15) is 14.7 Å². The summed E-state index contributed by atoms with van der Waals surface area (Å²) in [5.74, 6) is -0.430. The van der Waals surface area contributed by atoms with E-state index in [1.54, 1.807) is 11.8 Å². The maximum Gasteiger partial charge on any atom is 0.326 e. The topological polar surface area (TPSA) is 57.6 Å². The van der Waals surface area contributed by atoms with Gasteiger partial charge < -0.3 is 10.0 Å². The van der Waals surface area contributed by atoms with Crippen molar-refractivity contribution in [3.8, 4) is 0 Å². The Morgan fingerprint density at radius 1 is 1.20 bits per heavy atom. The number of rotatable bonds is 3. The summed E-state index contributed by atoms with van der Waals surface area (Å²) < 4.78 is 0. The van der Waals surface area contributed by atoms with Gasteiger partial charge in [-0.2, -0.15) is 0 Å². The Hall–Kier alpha value is -1.32. The maximum atomic E-state index is 12.7. The third-order valence-corrected chi connectivity index (χ3v) is 4.74. The first-order chi connectivity index (χ1) is 9.56. The number of fused-ring (bicyclic) bond motifs is 1. The van der Waals surface area contributed by atoms with Crippen LogP contribution < -0.4 is 0 Å². The van der Waals surface area contributed by atoms with Crippen LogP contribution in [0.25, 0.3) is 0 Å². The van der Waals surface area contributed by atoms with Crippen LogP contribution in [0.15, 0.2) is 11.6 Å². The molecule has 0 radical (unpaired) electrons. The van der Waals surface area contributed by atoms with E-state index >= 15 is 0 Å². The van der Waals surface area contributed by atoms with Gasteiger partial charge in [0.05, 0.1) is 0 Å². The summed E-state index contributed by atoms with van der Waals surface area (Å²) in [6.45, 7) is 3.79. The molecule has 1 heterocycles. The van der Waals surface area contributed by atoms with Gasteiger partial charge in [-0.25, -0.2) is 4.79 Å². The van der Waals surface area contributed by atoms with Crippen molar-refractivity contribution in [3.63, 3.8) is 0 Å². The second kappa shape index (κ2) is 6.42. The highest BCUT2D eigenvalue weighted by molar-refractivity contribution is 5.95. The molecule has 2 rings (SSSR count). The van der Waals surface area contributed by atoms with Crippen LogP contribution in [-0.2, 0) is 9.59 Å². The van der Waals surface area contributed by atoms with Gasteiger partial charge in [-0.3, -0.25) is 4.79 Å². The molecule has 4 heteroatoms. The van der Waals surface area contributed by atoms with Gasteiger partial charge in [0.15, 0.2) is 0 Å². The van der Waals surface area contributed by atoms with Crippen LogP contribution >= 0.6 is 0 Å². The molecule has 1 N–H and O–H groups in total. The largest absolute Gasteiger partial charge is 0.480 e. The fourth-order valence-electron chi connectivity index (χ4n) is 3.76. The molecule has 2 fully saturated rings. The highest BCUT2D eigenvalue weighted by atomic mass is 16.4.